The number of rotatable bonds is 5. The zero-order chi connectivity index (χ0) is 19.7. The van der Waals surface area contributed by atoms with Crippen LogP contribution in [0, 0.1) is 5.82 Å². The van der Waals surface area contributed by atoms with Crippen molar-refractivity contribution in [2.45, 2.75) is 22.2 Å². The van der Waals surface area contributed by atoms with E-state index in [9.17, 15) is 17.6 Å². The topological polar surface area (TPSA) is 56.7 Å². The van der Waals surface area contributed by atoms with Crippen LogP contribution in [0.2, 0.25) is 0 Å². The molecule has 1 aromatic carbocycles. The van der Waals surface area contributed by atoms with Crippen LogP contribution >= 0.6 is 23.1 Å². The lowest BCUT2D eigenvalue weighted by Crippen LogP contribution is -2.05. The Bertz CT molecular complexity index is 1090. The van der Waals surface area contributed by atoms with Crippen molar-refractivity contribution < 1.29 is 22.0 Å². The molecule has 0 unspecified atom stereocenters. The maximum absolute atomic E-state index is 14.3. The van der Waals surface area contributed by atoms with Crippen LogP contribution in [-0.4, -0.2) is 19.7 Å². The lowest BCUT2D eigenvalue weighted by atomic mass is 10.2. The van der Waals surface area contributed by atoms with Crippen molar-refractivity contribution in [1.29, 1.82) is 0 Å². The monoisotopic (exact) mass is 426 g/mol. The van der Waals surface area contributed by atoms with Crippen LogP contribution in [0.15, 0.2) is 62.0 Å². The van der Waals surface area contributed by atoms with Gasteiger partial charge < -0.3 is 4.42 Å². The van der Waals surface area contributed by atoms with E-state index in [4.69, 9.17) is 4.42 Å². The van der Waals surface area contributed by atoms with Crippen molar-refractivity contribution in [3.63, 3.8) is 0 Å². The summed E-state index contributed by atoms with van der Waals surface area (Å²) in [5.41, 5.74) is -0.741. The van der Waals surface area contributed by atoms with E-state index in [2.05, 4.69) is 15.2 Å². The molecule has 0 amide bonds. The summed E-state index contributed by atoms with van der Waals surface area (Å²) >= 11 is 1.78. The highest BCUT2D eigenvalue weighted by Gasteiger charge is 2.34. The zero-order valence-electron chi connectivity index (χ0n) is 13.9. The lowest BCUT2D eigenvalue weighted by molar-refractivity contribution is -0.141. The van der Waals surface area contributed by atoms with Crippen molar-refractivity contribution in [2.24, 2.45) is 0 Å². The molecule has 0 atom stereocenters. The second-order valence-corrected chi connectivity index (χ2v) is 7.62. The molecule has 11 heteroatoms. The number of hydrogen-bond donors (Lipinski definition) is 0. The van der Waals surface area contributed by atoms with Gasteiger partial charge in [0, 0.05) is 5.38 Å². The Morgan fingerprint density at radius 1 is 1.11 bits per heavy atom. The highest BCUT2D eigenvalue weighted by molar-refractivity contribution is 8.00. The van der Waals surface area contributed by atoms with E-state index in [0.717, 1.165) is 28.5 Å². The van der Waals surface area contributed by atoms with Gasteiger partial charge in [-0.3, -0.25) is 4.57 Å². The summed E-state index contributed by atoms with van der Waals surface area (Å²) in [4.78, 5) is 3.59. The smallest absolute Gasteiger partial charge is 0.434 e. The largest absolute Gasteiger partial charge is 0.467 e. The number of aromatic nitrogens is 4. The predicted molar refractivity (Wildman–Crippen MR) is 94.5 cm³/mol. The van der Waals surface area contributed by atoms with Gasteiger partial charge in [-0.1, -0.05) is 12.1 Å². The van der Waals surface area contributed by atoms with E-state index in [0.29, 0.717) is 5.76 Å². The standard InChI is InChI=1S/C17H10F4N4OS2/c18-12-6-2-1-5-11(12)14-23-24-15(25(14)8-10-4-3-7-26-10)28-16-22-13(9-27-16)17(19,20)21/h1-7,9H,8H2. The molecule has 0 fully saturated rings. The van der Waals surface area contributed by atoms with Crippen molar-refractivity contribution in [3.8, 4) is 11.4 Å². The molecule has 0 saturated heterocycles. The maximum Gasteiger partial charge on any atom is 0.434 e. The van der Waals surface area contributed by atoms with Crippen LogP contribution < -0.4 is 0 Å². The molecule has 0 spiro atoms. The summed E-state index contributed by atoms with van der Waals surface area (Å²) < 4.78 is 59.7. The Kier molecular flexibility index (Phi) is 4.94. The van der Waals surface area contributed by atoms with Crippen LogP contribution in [0.25, 0.3) is 11.4 Å². The summed E-state index contributed by atoms with van der Waals surface area (Å²) in [7, 11) is 0. The number of benzene rings is 1. The molecule has 4 aromatic rings. The van der Waals surface area contributed by atoms with Gasteiger partial charge in [-0.05, 0) is 36.0 Å². The highest BCUT2D eigenvalue weighted by atomic mass is 32.2. The van der Waals surface area contributed by atoms with Crippen LogP contribution in [0.4, 0.5) is 17.6 Å². The zero-order valence-corrected chi connectivity index (χ0v) is 15.5. The van der Waals surface area contributed by atoms with Crippen molar-refractivity contribution in [2.75, 3.05) is 0 Å². The Hall–Kier alpha value is -2.66. The summed E-state index contributed by atoms with van der Waals surface area (Å²) in [5, 5.41) is 9.29. The van der Waals surface area contributed by atoms with E-state index < -0.39 is 17.7 Å². The molecule has 4 rings (SSSR count). The molecule has 0 aliphatic carbocycles. The Morgan fingerprint density at radius 3 is 2.61 bits per heavy atom. The fourth-order valence-corrected chi connectivity index (χ4v) is 4.17. The van der Waals surface area contributed by atoms with Crippen LogP contribution in [-0.2, 0) is 12.7 Å². The second-order valence-electron chi connectivity index (χ2n) is 5.55. The maximum atomic E-state index is 14.3. The summed E-state index contributed by atoms with van der Waals surface area (Å²) in [6.45, 7) is 0.184. The minimum Gasteiger partial charge on any atom is -0.467 e. The number of furan rings is 1. The number of alkyl halides is 3. The van der Waals surface area contributed by atoms with Gasteiger partial charge in [0.1, 0.15) is 11.6 Å². The molecule has 28 heavy (non-hydrogen) atoms. The van der Waals surface area contributed by atoms with Gasteiger partial charge in [0.25, 0.3) is 0 Å². The van der Waals surface area contributed by atoms with Crippen molar-refractivity contribution >= 4 is 23.1 Å². The predicted octanol–water partition coefficient (Wildman–Crippen LogP) is 5.35. The molecule has 3 heterocycles. The molecule has 3 aromatic heterocycles. The normalized spacial score (nSPS) is 11.9. The van der Waals surface area contributed by atoms with Crippen LogP contribution in [0.3, 0.4) is 0 Å². The number of nitrogens with zero attached hydrogens (tertiary/aromatic N) is 4. The number of hydrogen-bond acceptors (Lipinski definition) is 6. The van der Waals surface area contributed by atoms with Gasteiger partial charge >= 0.3 is 6.18 Å². The Labute approximate surface area is 164 Å². The van der Waals surface area contributed by atoms with Crippen molar-refractivity contribution in [1.82, 2.24) is 19.7 Å². The first-order valence-corrected chi connectivity index (χ1v) is 9.52. The fourth-order valence-electron chi connectivity index (χ4n) is 2.42. The van der Waals surface area contributed by atoms with Gasteiger partial charge in [0.15, 0.2) is 21.0 Å². The van der Waals surface area contributed by atoms with E-state index in [1.165, 1.54) is 12.3 Å². The first-order chi connectivity index (χ1) is 13.4. The minimum absolute atomic E-state index is 0.153. The van der Waals surface area contributed by atoms with Gasteiger partial charge in [0.05, 0.1) is 18.4 Å². The summed E-state index contributed by atoms with van der Waals surface area (Å²) in [6.07, 6.45) is -3.03. The minimum atomic E-state index is -4.52. The molecular weight excluding hydrogens is 416 g/mol. The van der Waals surface area contributed by atoms with E-state index >= 15 is 0 Å². The van der Waals surface area contributed by atoms with Gasteiger partial charge in [-0.25, -0.2) is 9.37 Å². The average molecular weight is 426 g/mol. The van der Waals surface area contributed by atoms with E-state index in [-0.39, 0.29) is 27.4 Å². The Balaban J connectivity index is 1.73. The second kappa shape index (κ2) is 7.40. The first kappa shape index (κ1) is 18.7. The van der Waals surface area contributed by atoms with Crippen LogP contribution in [0.1, 0.15) is 11.5 Å². The van der Waals surface area contributed by atoms with Gasteiger partial charge in [-0.2, -0.15) is 13.2 Å². The number of thiazole rings is 1. The summed E-state index contributed by atoms with van der Waals surface area (Å²) in [6, 6.07) is 9.49. The summed E-state index contributed by atoms with van der Waals surface area (Å²) in [5.74, 6) is 0.319. The number of halogens is 4. The van der Waals surface area contributed by atoms with Gasteiger partial charge in [-0.15, -0.1) is 21.5 Å². The molecule has 144 valence electrons. The third-order valence-corrected chi connectivity index (χ3v) is 5.60. The third-order valence-electron chi connectivity index (χ3n) is 3.68. The fraction of sp³-hybridized carbons (Fsp3) is 0.118. The molecule has 5 nitrogen and oxygen atoms in total. The molecule has 0 saturated carbocycles. The Morgan fingerprint density at radius 2 is 1.93 bits per heavy atom. The molecule has 0 bridgehead atoms. The van der Waals surface area contributed by atoms with Gasteiger partial charge in [0.2, 0.25) is 0 Å². The van der Waals surface area contributed by atoms with Crippen molar-refractivity contribution in [3.05, 3.63) is 65.3 Å². The average Bonchev–Trinajstić information content (AvgIpc) is 3.38. The van der Waals surface area contributed by atoms with Crippen LogP contribution in [0.5, 0.6) is 0 Å². The molecule has 0 aliphatic rings. The van der Waals surface area contributed by atoms with E-state index in [1.807, 2.05) is 0 Å². The quantitative estimate of drug-likeness (QED) is 0.403. The molecular formula is C17H10F4N4OS2. The third kappa shape index (κ3) is 3.80. The molecule has 0 N–H and O–H groups in total. The lowest BCUT2D eigenvalue weighted by Gasteiger charge is -2.08. The first-order valence-electron chi connectivity index (χ1n) is 7.83. The molecule has 0 aliphatic heterocycles. The molecule has 0 radical (unpaired) electrons. The SMILES string of the molecule is Fc1ccccc1-c1nnc(Sc2nc(C(F)(F)F)cs2)n1Cc1ccco1. The van der Waals surface area contributed by atoms with E-state index in [1.54, 1.807) is 34.9 Å². The highest BCUT2D eigenvalue weighted by Crippen LogP contribution is 2.36.